The van der Waals surface area contributed by atoms with E-state index in [2.05, 4.69) is 0 Å². The highest BCUT2D eigenvalue weighted by molar-refractivity contribution is 7.14. The number of thiophene rings is 1. The number of hydrogen-bond donors (Lipinski definition) is 1. The Bertz CT molecular complexity index is 1340. The minimum Gasteiger partial charge on any atom is -0.502 e. The van der Waals surface area contributed by atoms with Crippen molar-refractivity contribution in [3.63, 3.8) is 0 Å². The number of Topliss-reactive ketones (excluding diaryl/α,β-unsaturated/α-hetero) is 1. The normalized spacial score (nSPS) is 10.9. The lowest BCUT2D eigenvalue weighted by Gasteiger charge is -2.06. The highest BCUT2D eigenvalue weighted by atomic mass is 32.1. The van der Waals surface area contributed by atoms with Crippen LogP contribution in [0.2, 0.25) is 0 Å². The van der Waals surface area contributed by atoms with Crippen molar-refractivity contribution in [3.8, 4) is 11.8 Å². The van der Waals surface area contributed by atoms with Crippen molar-refractivity contribution in [1.29, 1.82) is 5.26 Å². The Balaban J connectivity index is 2.58. The van der Waals surface area contributed by atoms with Crippen LogP contribution in [0.15, 0.2) is 17.7 Å². The molecule has 2 aromatic rings. The van der Waals surface area contributed by atoms with Crippen LogP contribution in [0.3, 0.4) is 0 Å². The molecule has 13 nitrogen and oxygen atoms in total. The molecule has 0 aliphatic rings. The summed E-state index contributed by atoms with van der Waals surface area (Å²) in [5, 5.41) is 42.0. The van der Waals surface area contributed by atoms with E-state index in [-0.39, 0.29) is 34.1 Å². The Hall–Kier alpha value is -4.64. The van der Waals surface area contributed by atoms with Crippen LogP contribution in [0.1, 0.15) is 49.9 Å². The average Bonchev–Trinajstić information content (AvgIpc) is 3.13. The van der Waals surface area contributed by atoms with E-state index in [4.69, 9.17) is 9.47 Å². The fraction of sp³-hybridized carbons (Fsp3) is 0.273. The van der Waals surface area contributed by atoms with Gasteiger partial charge in [0, 0.05) is 22.9 Å². The number of hydrogen-bond acceptors (Lipinski definition) is 12. The monoisotopic (exact) mass is 517 g/mol. The Morgan fingerprint density at radius 2 is 1.72 bits per heavy atom. The molecule has 0 bridgehead atoms. The maximum atomic E-state index is 12.9. The number of allylic oxidation sites excluding steroid dienone is 1. The molecule has 0 aliphatic carbocycles. The number of phenolic OH excluding ortho intramolecular Hbond substituents is 1. The van der Waals surface area contributed by atoms with Gasteiger partial charge in [0.05, 0.1) is 40.3 Å². The zero-order chi connectivity index (χ0) is 27.2. The summed E-state index contributed by atoms with van der Waals surface area (Å²) >= 11 is 0.806. The molecular weight excluding hydrogens is 498 g/mol. The largest absolute Gasteiger partial charge is 0.502 e. The van der Waals surface area contributed by atoms with Gasteiger partial charge < -0.3 is 14.6 Å². The lowest BCUT2D eigenvalue weighted by atomic mass is 10.0. The van der Waals surface area contributed by atoms with Gasteiger partial charge in [-0.15, -0.1) is 11.3 Å². The van der Waals surface area contributed by atoms with E-state index < -0.39 is 62.3 Å². The Kier molecular flexibility index (Phi) is 8.95. The van der Waals surface area contributed by atoms with E-state index >= 15 is 0 Å². The van der Waals surface area contributed by atoms with Gasteiger partial charge in [0.2, 0.25) is 5.75 Å². The topological polar surface area (TPSA) is 200 Å². The van der Waals surface area contributed by atoms with E-state index in [9.17, 15) is 45.0 Å². The van der Waals surface area contributed by atoms with Crippen LogP contribution in [0.5, 0.6) is 5.75 Å². The van der Waals surface area contributed by atoms with Gasteiger partial charge in [-0.25, -0.2) is 9.59 Å². The third-order valence-corrected chi connectivity index (χ3v) is 5.99. The number of nitro benzene ring substituents is 2. The minimum absolute atomic E-state index is 0.0183. The third-order valence-electron chi connectivity index (χ3n) is 4.71. The first kappa shape index (κ1) is 27.6. The first-order valence-electron chi connectivity index (χ1n) is 10.2. The van der Waals surface area contributed by atoms with Crippen LogP contribution < -0.4 is 0 Å². The highest BCUT2D eigenvalue weighted by Crippen LogP contribution is 2.36. The van der Waals surface area contributed by atoms with Crippen molar-refractivity contribution in [2.45, 2.75) is 27.2 Å². The van der Waals surface area contributed by atoms with Crippen molar-refractivity contribution in [1.82, 2.24) is 0 Å². The summed E-state index contributed by atoms with van der Waals surface area (Å²) in [6.07, 6.45) is 0.227. The molecule has 36 heavy (non-hydrogen) atoms. The number of benzene rings is 1. The van der Waals surface area contributed by atoms with Gasteiger partial charge >= 0.3 is 17.6 Å². The summed E-state index contributed by atoms with van der Waals surface area (Å²) in [6, 6.07) is 2.90. The van der Waals surface area contributed by atoms with Crippen LogP contribution in [0.4, 0.5) is 11.4 Å². The number of non-ortho nitro benzene ring substituents is 1. The maximum Gasteiger partial charge on any atom is 0.348 e. The summed E-state index contributed by atoms with van der Waals surface area (Å²) in [4.78, 5) is 58.2. The maximum absolute atomic E-state index is 12.9. The molecular formula is C22H19N3O10S. The van der Waals surface area contributed by atoms with Crippen molar-refractivity contribution in [2.24, 2.45) is 0 Å². The number of phenols is 1. The van der Waals surface area contributed by atoms with Crippen LogP contribution in [-0.4, -0.2) is 45.9 Å². The SMILES string of the molecule is CCOC(=O)c1sc(CC(=O)/C(C#N)=C/c2cc([N+](=O)[O-])cc([N+](=O)[O-])c2O)c(C(=O)OCC)c1C. The van der Waals surface area contributed by atoms with Crippen molar-refractivity contribution in [3.05, 3.63) is 64.4 Å². The minimum atomic E-state index is -1.05. The Morgan fingerprint density at radius 3 is 2.25 bits per heavy atom. The second kappa shape index (κ2) is 11.7. The van der Waals surface area contributed by atoms with Crippen molar-refractivity contribution in [2.75, 3.05) is 13.2 Å². The molecule has 188 valence electrons. The van der Waals surface area contributed by atoms with Gasteiger partial charge in [-0.3, -0.25) is 25.0 Å². The quantitative estimate of drug-likeness (QED) is 0.158. The number of carbonyl (C=O) groups is 3. The second-order valence-corrected chi connectivity index (χ2v) is 8.09. The molecule has 0 aliphatic heterocycles. The number of rotatable bonds is 10. The molecule has 0 spiro atoms. The third kappa shape index (κ3) is 5.88. The summed E-state index contributed by atoms with van der Waals surface area (Å²) in [7, 11) is 0. The smallest absolute Gasteiger partial charge is 0.348 e. The molecule has 0 radical (unpaired) electrons. The van der Waals surface area contributed by atoms with E-state index in [1.54, 1.807) is 19.9 Å². The molecule has 0 atom stereocenters. The number of nitrogens with zero attached hydrogens (tertiary/aromatic N) is 3. The molecule has 0 fully saturated rings. The summed E-state index contributed by atoms with van der Waals surface area (Å²) < 4.78 is 9.99. The van der Waals surface area contributed by atoms with Crippen LogP contribution in [0, 0.1) is 38.5 Å². The number of ether oxygens (including phenoxy) is 2. The lowest BCUT2D eigenvalue weighted by Crippen LogP contribution is -2.12. The van der Waals surface area contributed by atoms with Crippen LogP contribution in [0.25, 0.3) is 6.08 Å². The summed E-state index contributed by atoms with van der Waals surface area (Å²) in [6.45, 7) is 4.72. The lowest BCUT2D eigenvalue weighted by molar-refractivity contribution is -0.394. The predicted octanol–water partition coefficient (Wildman–Crippen LogP) is 3.65. The van der Waals surface area contributed by atoms with Gasteiger partial charge in [-0.05, 0) is 32.4 Å². The standard InChI is InChI=1S/C22H19N3O10S/c1-4-34-21(28)18-11(3)20(22(29)35-5-2)36-17(18)9-16(26)13(10-23)6-12-7-14(24(30)31)8-15(19(12)27)25(32)33/h6-8,27H,4-5,9H2,1-3H3/b13-6+. The predicted molar refractivity (Wildman–Crippen MR) is 125 cm³/mol. The van der Waals surface area contributed by atoms with Gasteiger partial charge in [0.15, 0.2) is 5.78 Å². The number of carbonyl (C=O) groups excluding carboxylic acids is 3. The fourth-order valence-corrected chi connectivity index (χ4v) is 4.30. The first-order valence-corrected chi connectivity index (χ1v) is 11.1. The molecule has 1 N–H and O–H groups in total. The highest BCUT2D eigenvalue weighted by Gasteiger charge is 2.29. The average molecular weight is 517 g/mol. The van der Waals surface area contributed by atoms with Crippen LogP contribution >= 0.6 is 11.3 Å². The Labute approximate surface area is 207 Å². The molecule has 1 heterocycles. The first-order chi connectivity index (χ1) is 17.0. The number of nitriles is 1. The van der Waals surface area contributed by atoms with E-state index in [1.165, 1.54) is 6.92 Å². The Morgan fingerprint density at radius 1 is 1.11 bits per heavy atom. The van der Waals surface area contributed by atoms with Crippen molar-refractivity contribution >= 4 is 46.5 Å². The number of ketones is 1. The molecule has 0 saturated heterocycles. The van der Waals surface area contributed by atoms with Gasteiger partial charge in [0.1, 0.15) is 10.9 Å². The molecule has 14 heteroatoms. The molecule has 0 unspecified atom stereocenters. The number of esters is 2. The van der Waals surface area contributed by atoms with E-state index in [0.717, 1.165) is 23.5 Å². The van der Waals surface area contributed by atoms with Gasteiger partial charge in [-0.2, -0.15) is 5.26 Å². The van der Waals surface area contributed by atoms with Gasteiger partial charge in [-0.1, -0.05) is 0 Å². The summed E-state index contributed by atoms with van der Waals surface area (Å²) in [5.41, 5.74) is -2.65. The number of aromatic hydroxyl groups is 1. The zero-order valence-electron chi connectivity index (χ0n) is 19.2. The summed E-state index contributed by atoms with van der Waals surface area (Å²) in [5.74, 6) is -3.36. The number of nitro groups is 2. The van der Waals surface area contributed by atoms with E-state index in [1.807, 2.05) is 0 Å². The zero-order valence-corrected chi connectivity index (χ0v) is 20.0. The molecule has 0 saturated carbocycles. The van der Waals surface area contributed by atoms with Crippen molar-refractivity contribution < 1.29 is 38.8 Å². The fourth-order valence-electron chi connectivity index (χ4n) is 3.11. The van der Waals surface area contributed by atoms with E-state index in [0.29, 0.717) is 6.07 Å². The molecule has 1 aromatic carbocycles. The molecule has 0 amide bonds. The second-order valence-electron chi connectivity index (χ2n) is 6.98. The molecule has 2 rings (SSSR count). The molecule has 1 aromatic heterocycles. The van der Waals surface area contributed by atoms with Gasteiger partial charge in [0.25, 0.3) is 5.69 Å². The van der Waals surface area contributed by atoms with Crippen LogP contribution in [-0.2, 0) is 20.7 Å².